The number of nitrogens with zero attached hydrogens (tertiary/aromatic N) is 1. The van der Waals surface area contributed by atoms with E-state index >= 15 is 0 Å². The number of hydrogen-bond acceptors (Lipinski definition) is 5. The molecule has 4 aromatic rings. The number of rotatable bonds is 5. The first kappa shape index (κ1) is 25.0. The van der Waals surface area contributed by atoms with Gasteiger partial charge in [-0.2, -0.15) is 8.78 Å². The van der Waals surface area contributed by atoms with Crippen LogP contribution in [-0.2, 0) is 11.8 Å². The van der Waals surface area contributed by atoms with E-state index in [1.54, 1.807) is 6.08 Å². The molecule has 3 aromatic carbocycles. The summed E-state index contributed by atoms with van der Waals surface area (Å²) in [4.78, 5) is 25.2. The van der Waals surface area contributed by atoms with Crippen LogP contribution in [0.4, 0.5) is 22.0 Å². The highest BCUT2D eigenvalue weighted by molar-refractivity contribution is 6.15. The Morgan fingerprint density at radius 1 is 0.974 bits per heavy atom. The van der Waals surface area contributed by atoms with Crippen LogP contribution in [0.3, 0.4) is 0 Å². The molecule has 2 heterocycles. The molecule has 5 rings (SSSR count). The molecule has 11 heteroatoms. The summed E-state index contributed by atoms with van der Waals surface area (Å²) in [6.45, 7) is 0.999. The van der Waals surface area contributed by atoms with Crippen molar-refractivity contribution in [3.8, 4) is 17.2 Å². The molecule has 0 bridgehead atoms. The summed E-state index contributed by atoms with van der Waals surface area (Å²) in [7, 11) is 1.87. The molecule has 0 N–H and O–H groups in total. The number of carbonyl (C=O) groups excluding carboxylic acids is 2. The van der Waals surface area contributed by atoms with E-state index in [-0.39, 0.29) is 22.8 Å². The van der Waals surface area contributed by atoms with E-state index in [1.807, 2.05) is 42.1 Å². The van der Waals surface area contributed by atoms with Gasteiger partial charge in [0.05, 0.1) is 5.56 Å². The third-order valence-electron chi connectivity index (χ3n) is 5.87. The molecule has 1 aliphatic heterocycles. The summed E-state index contributed by atoms with van der Waals surface area (Å²) >= 11 is 0. The third kappa shape index (κ3) is 4.15. The predicted octanol–water partition coefficient (Wildman–Crippen LogP) is 5.86. The lowest BCUT2D eigenvalue weighted by Crippen LogP contribution is -2.29. The number of Topliss-reactive ketones (excluding diaryl/α,β-unsaturated/α-hetero) is 1. The number of allylic oxidation sites excluding steroid dienone is 1. The molecule has 38 heavy (non-hydrogen) atoms. The lowest BCUT2D eigenvalue weighted by molar-refractivity contribution is -0.141. The fraction of sp³-hybridized carbons (Fsp3) is 0.111. The molecule has 1 atom stereocenters. The Kier molecular flexibility index (Phi) is 6.14. The first-order valence-electron chi connectivity index (χ1n) is 11.1. The number of ketones is 1. The molecule has 0 aliphatic carbocycles. The van der Waals surface area contributed by atoms with Gasteiger partial charge < -0.3 is 18.8 Å². The zero-order valence-corrected chi connectivity index (χ0v) is 19.7. The molecule has 6 nitrogen and oxygen atoms in total. The number of para-hydroxylation sites is 1. The van der Waals surface area contributed by atoms with E-state index in [2.05, 4.69) is 4.74 Å². The Morgan fingerprint density at radius 2 is 1.63 bits per heavy atom. The molecule has 0 spiro atoms. The van der Waals surface area contributed by atoms with Gasteiger partial charge in [0.2, 0.25) is 34.9 Å². The maximum absolute atomic E-state index is 13.9. The second kappa shape index (κ2) is 9.33. The molecular weight excluding hydrogens is 513 g/mol. The minimum atomic E-state index is -2.36. The quantitative estimate of drug-likeness (QED) is 0.0809. The standard InChI is InChI=1S/C27H16F5NO5/c1-12(36-26-23(31)21(29)20(28)22(30)24(26)32)27(35)37-14-7-8-16-18(10-14)38-19(25(16)34)9-13-11-33(2)17-6-4-3-5-15(13)17/h3-12H,1-2H3/b19-9-. The van der Waals surface area contributed by atoms with Crippen LogP contribution in [0.5, 0.6) is 17.2 Å². The lowest BCUT2D eigenvalue weighted by atomic mass is 10.1. The highest BCUT2D eigenvalue weighted by atomic mass is 19.2. The van der Waals surface area contributed by atoms with Gasteiger partial charge in [-0.1, -0.05) is 18.2 Å². The predicted molar refractivity (Wildman–Crippen MR) is 124 cm³/mol. The molecule has 1 aliphatic rings. The van der Waals surface area contributed by atoms with Crippen LogP contribution < -0.4 is 14.2 Å². The van der Waals surface area contributed by atoms with Gasteiger partial charge in [-0.15, -0.1) is 0 Å². The molecule has 194 valence electrons. The molecule has 0 fully saturated rings. The fourth-order valence-corrected chi connectivity index (χ4v) is 3.97. The summed E-state index contributed by atoms with van der Waals surface area (Å²) in [5.41, 5.74) is 1.92. The molecule has 0 saturated heterocycles. The SMILES string of the molecule is CC(Oc1c(F)c(F)c(F)c(F)c1F)C(=O)Oc1ccc2c(c1)O/C(=C\c1cn(C)c3ccccc13)C2=O. The first-order valence-corrected chi connectivity index (χ1v) is 11.1. The molecule has 0 radical (unpaired) electrons. The number of halogens is 5. The van der Waals surface area contributed by atoms with Crippen molar-refractivity contribution in [1.82, 2.24) is 4.57 Å². The van der Waals surface area contributed by atoms with Crippen molar-refractivity contribution in [3.63, 3.8) is 0 Å². The Hall–Kier alpha value is -4.67. The molecule has 0 amide bonds. The van der Waals surface area contributed by atoms with Crippen LogP contribution in [-0.4, -0.2) is 22.4 Å². The van der Waals surface area contributed by atoms with E-state index in [4.69, 9.17) is 9.47 Å². The summed E-state index contributed by atoms with van der Waals surface area (Å²) in [5.74, 6) is -14.4. The minimum absolute atomic E-state index is 0.0443. The molecule has 1 unspecified atom stereocenters. The normalized spacial score (nSPS) is 14.5. The third-order valence-corrected chi connectivity index (χ3v) is 5.87. The fourth-order valence-electron chi connectivity index (χ4n) is 3.97. The van der Waals surface area contributed by atoms with Gasteiger partial charge in [-0.25, -0.2) is 18.0 Å². The van der Waals surface area contributed by atoms with Crippen molar-refractivity contribution in [1.29, 1.82) is 0 Å². The van der Waals surface area contributed by atoms with Gasteiger partial charge in [0.25, 0.3) is 0 Å². The molecular formula is C27H16F5NO5. The van der Waals surface area contributed by atoms with Gasteiger partial charge in [0.1, 0.15) is 11.5 Å². The van der Waals surface area contributed by atoms with Gasteiger partial charge >= 0.3 is 5.97 Å². The van der Waals surface area contributed by atoms with Crippen molar-refractivity contribution in [3.05, 3.63) is 94.6 Å². The van der Waals surface area contributed by atoms with Crippen LogP contribution in [0, 0.1) is 29.1 Å². The summed E-state index contributed by atoms with van der Waals surface area (Å²) < 4.78 is 85.1. The highest BCUT2D eigenvalue weighted by Crippen LogP contribution is 2.36. The van der Waals surface area contributed by atoms with Crippen molar-refractivity contribution in [2.24, 2.45) is 7.05 Å². The first-order chi connectivity index (χ1) is 18.1. The van der Waals surface area contributed by atoms with E-state index in [0.717, 1.165) is 23.4 Å². The summed E-state index contributed by atoms with van der Waals surface area (Å²) in [6, 6.07) is 11.5. The molecule has 1 aromatic heterocycles. The summed E-state index contributed by atoms with van der Waals surface area (Å²) in [6.07, 6.45) is 1.67. The average Bonchev–Trinajstić information content (AvgIpc) is 3.39. The number of aryl methyl sites for hydroxylation is 1. The van der Waals surface area contributed by atoms with Crippen LogP contribution >= 0.6 is 0 Å². The number of esters is 1. The number of carbonyl (C=O) groups is 2. The Labute approximate surface area is 211 Å². The highest BCUT2D eigenvalue weighted by Gasteiger charge is 2.31. The van der Waals surface area contributed by atoms with E-state index in [0.29, 0.717) is 0 Å². The average molecular weight is 529 g/mol. The Balaban J connectivity index is 1.34. The van der Waals surface area contributed by atoms with Crippen LogP contribution in [0.1, 0.15) is 22.8 Å². The number of fused-ring (bicyclic) bond motifs is 2. The zero-order chi connectivity index (χ0) is 27.3. The number of ether oxygens (including phenoxy) is 3. The zero-order valence-electron chi connectivity index (χ0n) is 19.7. The van der Waals surface area contributed by atoms with E-state index < -0.39 is 52.7 Å². The Bertz CT molecular complexity index is 1650. The van der Waals surface area contributed by atoms with Crippen molar-refractivity contribution >= 4 is 28.7 Å². The van der Waals surface area contributed by atoms with Gasteiger partial charge in [0, 0.05) is 35.8 Å². The lowest BCUT2D eigenvalue weighted by Gasteiger charge is -2.15. The minimum Gasteiger partial charge on any atom is -0.473 e. The van der Waals surface area contributed by atoms with Gasteiger partial charge in [-0.05, 0) is 31.2 Å². The number of hydrogen-bond donors (Lipinski definition) is 0. The maximum Gasteiger partial charge on any atom is 0.352 e. The molecule has 0 saturated carbocycles. The number of benzene rings is 3. The number of aromatic nitrogens is 1. The Morgan fingerprint density at radius 3 is 2.34 bits per heavy atom. The van der Waals surface area contributed by atoms with Crippen LogP contribution in [0.25, 0.3) is 17.0 Å². The second-order valence-corrected chi connectivity index (χ2v) is 8.39. The smallest absolute Gasteiger partial charge is 0.352 e. The van der Waals surface area contributed by atoms with Gasteiger partial charge in [-0.3, -0.25) is 4.79 Å². The van der Waals surface area contributed by atoms with Crippen molar-refractivity contribution < 1.29 is 45.8 Å². The van der Waals surface area contributed by atoms with E-state index in [1.165, 1.54) is 18.2 Å². The van der Waals surface area contributed by atoms with Crippen molar-refractivity contribution in [2.75, 3.05) is 0 Å². The van der Waals surface area contributed by atoms with Crippen molar-refractivity contribution in [2.45, 2.75) is 13.0 Å². The van der Waals surface area contributed by atoms with Gasteiger partial charge in [0.15, 0.2) is 17.6 Å². The largest absolute Gasteiger partial charge is 0.473 e. The van der Waals surface area contributed by atoms with Crippen LogP contribution in [0.15, 0.2) is 54.4 Å². The maximum atomic E-state index is 13.9. The van der Waals surface area contributed by atoms with E-state index in [9.17, 15) is 31.5 Å². The monoisotopic (exact) mass is 529 g/mol. The topological polar surface area (TPSA) is 66.8 Å². The van der Waals surface area contributed by atoms with Crippen LogP contribution in [0.2, 0.25) is 0 Å². The summed E-state index contributed by atoms with van der Waals surface area (Å²) in [5, 5.41) is 0.909. The second-order valence-electron chi connectivity index (χ2n) is 8.39.